The predicted molar refractivity (Wildman–Crippen MR) is 107 cm³/mol. The summed E-state index contributed by atoms with van der Waals surface area (Å²) in [5, 5.41) is 0. The zero-order chi connectivity index (χ0) is 23.3. The van der Waals surface area contributed by atoms with E-state index < -0.39 is 37.5 Å². The highest BCUT2D eigenvalue weighted by molar-refractivity contribution is 5.95. The summed E-state index contributed by atoms with van der Waals surface area (Å²) < 4.78 is 20.2. The number of hydrogen-bond acceptors (Lipinski definition) is 10. The van der Waals surface area contributed by atoms with Crippen molar-refractivity contribution in [1.82, 2.24) is 0 Å². The molecule has 0 N–H and O–H groups in total. The molecule has 0 radical (unpaired) electrons. The molecule has 0 fully saturated rings. The van der Waals surface area contributed by atoms with E-state index in [0.29, 0.717) is 0 Å². The van der Waals surface area contributed by atoms with Crippen LogP contribution in [0, 0.1) is 0 Å². The lowest BCUT2D eigenvalue weighted by atomic mass is 10.2. The molecule has 0 aliphatic heterocycles. The van der Waals surface area contributed by atoms with Crippen molar-refractivity contribution in [1.29, 1.82) is 0 Å². The van der Waals surface area contributed by atoms with Gasteiger partial charge in [-0.3, -0.25) is 9.59 Å². The highest BCUT2D eigenvalue weighted by Crippen LogP contribution is 2.21. The van der Waals surface area contributed by atoms with E-state index in [0.717, 1.165) is 0 Å². The van der Waals surface area contributed by atoms with Gasteiger partial charge in [0.2, 0.25) is 13.6 Å². The number of para-hydroxylation sites is 2. The van der Waals surface area contributed by atoms with Gasteiger partial charge in [0.25, 0.3) is 0 Å². The van der Waals surface area contributed by atoms with Crippen LogP contribution in [0.5, 0.6) is 11.5 Å². The highest BCUT2D eigenvalue weighted by Gasteiger charge is 2.20. The normalized spacial score (nSPS) is 9.94. The van der Waals surface area contributed by atoms with Crippen molar-refractivity contribution < 1.29 is 47.9 Å². The van der Waals surface area contributed by atoms with Crippen LogP contribution in [0.2, 0.25) is 0 Å². The Morgan fingerprint density at radius 2 is 1.00 bits per heavy atom. The maximum atomic E-state index is 12.3. The predicted octanol–water partition coefficient (Wildman–Crippen LogP) is 3.19. The van der Waals surface area contributed by atoms with Crippen LogP contribution >= 0.6 is 0 Å². The Labute approximate surface area is 183 Å². The maximum absolute atomic E-state index is 12.3. The van der Waals surface area contributed by atoms with E-state index in [1.54, 1.807) is 38.1 Å². The quantitative estimate of drug-likeness (QED) is 0.233. The summed E-state index contributed by atoms with van der Waals surface area (Å²) >= 11 is 0. The van der Waals surface area contributed by atoms with Crippen molar-refractivity contribution in [3.63, 3.8) is 0 Å². The number of hydrogen-bond donors (Lipinski definition) is 0. The third-order valence-electron chi connectivity index (χ3n) is 3.85. The van der Waals surface area contributed by atoms with Gasteiger partial charge < -0.3 is 18.9 Å². The number of esters is 2. The molecule has 10 heteroatoms. The molecule has 0 amide bonds. The first-order valence-electron chi connectivity index (χ1n) is 9.64. The van der Waals surface area contributed by atoms with Gasteiger partial charge in [0, 0.05) is 12.8 Å². The first-order valence-corrected chi connectivity index (χ1v) is 9.64. The molecule has 2 aromatic carbocycles. The van der Waals surface area contributed by atoms with Gasteiger partial charge in [-0.1, -0.05) is 38.1 Å². The Morgan fingerprint density at radius 3 is 1.38 bits per heavy atom. The van der Waals surface area contributed by atoms with Gasteiger partial charge in [0.1, 0.15) is 22.6 Å². The van der Waals surface area contributed by atoms with Gasteiger partial charge in [-0.15, -0.1) is 0 Å². The Balaban J connectivity index is 1.97. The maximum Gasteiger partial charge on any atom is 0.390 e. The molecule has 170 valence electrons. The van der Waals surface area contributed by atoms with E-state index in [2.05, 4.69) is 9.78 Å². The lowest BCUT2D eigenvalue weighted by Gasteiger charge is -2.11. The van der Waals surface area contributed by atoms with E-state index in [1.807, 2.05) is 0 Å². The molecule has 0 atom stereocenters. The minimum absolute atomic E-state index is 0.0520. The first kappa shape index (κ1) is 24.2. The fourth-order valence-corrected chi connectivity index (χ4v) is 2.21. The molecular formula is C22H22O10. The van der Waals surface area contributed by atoms with E-state index in [9.17, 15) is 19.2 Å². The minimum Gasteiger partial charge on any atom is -0.456 e. The second kappa shape index (κ2) is 12.6. The third kappa shape index (κ3) is 7.31. The van der Waals surface area contributed by atoms with Crippen molar-refractivity contribution in [3.05, 3.63) is 59.7 Å². The van der Waals surface area contributed by atoms with Crippen LogP contribution in [0.15, 0.2) is 48.5 Å². The van der Waals surface area contributed by atoms with Crippen LogP contribution in [0.4, 0.5) is 0 Å². The zero-order valence-corrected chi connectivity index (χ0v) is 17.5. The molecule has 0 aromatic heterocycles. The molecule has 0 bridgehead atoms. The largest absolute Gasteiger partial charge is 0.456 e. The molecule has 2 rings (SSSR count). The summed E-state index contributed by atoms with van der Waals surface area (Å²) in [4.78, 5) is 56.3. The van der Waals surface area contributed by atoms with Crippen LogP contribution in [-0.2, 0) is 28.8 Å². The van der Waals surface area contributed by atoms with Crippen molar-refractivity contribution in [2.45, 2.75) is 26.7 Å². The van der Waals surface area contributed by atoms with E-state index in [-0.39, 0.29) is 35.5 Å². The Bertz CT molecular complexity index is 876. The Morgan fingerprint density at radius 1 is 0.625 bits per heavy atom. The fourth-order valence-electron chi connectivity index (χ4n) is 2.21. The lowest BCUT2D eigenvalue weighted by Crippen LogP contribution is -2.16. The van der Waals surface area contributed by atoms with Crippen molar-refractivity contribution >= 4 is 23.9 Å². The fraction of sp³-hybridized carbons (Fsp3) is 0.273. The lowest BCUT2D eigenvalue weighted by molar-refractivity contribution is -0.187. The molecule has 0 unspecified atom stereocenters. The zero-order valence-electron chi connectivity index (χ0n) is 17.5. The van der Waals surface area contributed by atoms with Crippen LogP contribution in [-0.4, -0.2) is 37.5 Å². The molecule has 0 aliphatic carbocycles. The van der Waals surface area contributed by atoms with Crippen molar-refractivity contribution in [2.75, 3.05) is 13.6 Å². The SMILES string of the molecule is CCC(=O)OCOc1ccccc1C(=O)OOC(=O)c1ccccc1OCOC(=O)CC. The van der Waals surface area contributed by atoms with Gasteiger partial charge in [0.15, 0.2) is 0 Å². The van der Waals surface area contributed by atoms with Crippen LogP contribution in [0.3, 0.4) is 0 Å². The molecule has 2 aromatic rings. The highest BCUT2D eigenvalue weighted by atomic mass is 17.2. The number of ether oxygens (including phenoxy) is 4. The number of carbonyl (C=O) groups is 4. The van der Waals surface area contributed by atoms with Crippen molar-refractivity contribution in [2.24, 2.45) is 0 Å². The molecular weight excluding hydrogens is 424 g/mol. The summed E-state index contributed by atoms with van der Waals surface area (Å²) in [6.45, 7) is 2.46. The Kier molecular flexibility index (Phi) is 9.51. The average molecular weight is 446 g/mol. The van der Waals surface area contributed by atoms with Crippen LogP contribution in [0.1, 0.15) is 47.4 Å². The van der Waals surface area contributed by atoms with Gasteiger partial charge in [-0.05, 0) is 24.3 Å². The van der Waals surface area contributed by atoms with E-state index in [4.69, 9.17) is 18.9 Å². The number of rotatable bonds is 10. The van der Waals surface area contributed by atoms with Gasteiger partial charge in [-0.2, -0.15) is 0 Å². The average Bonchev–Trinajstić information content (AvgIpc) is 2.82. The minimum atomic E-state index is -1.01. The topological polar surface area (TPSA) is 124 Å². The summed E-state index contributed by atoms with van der Waals surface area (Å²) in [5.74, 6) is -2.82. The van der Waals surface area contributed by atoms with Crippen LogP contribution < -0.4 is 9.47 Å². The van der Waals surface area contributed by atoms with Gasteiger partial charge in [-0.25, -0.2) is 19.4 Å². The molecule has 0 heterocycles. The third-order valence-corrected chi connectivity index (χ3v) is 3.85. The second-order valence-corrected chi connectivity index (χ2v) is 6.00. The molecule has 32 heavy (non-hydrogen) atoms. The molecule has 0 spiro atoms. The van der Waals surface area contributed by atoms with E-state index >= 15 is 0 Å². The molecule has 10 nitrogen and oxygen atoms in total. The standard InChI is InChI=1S/C22H22O10/c1-3-19(23)29-13-27-17-11-7-5-9-15(17)21(25)31-32-22(26)16-10-6-8-12-18(16)28-14-30-20(24)4-2/h5-12H,3-4,13-14H2,1-2H3. The number of carbonyl (C=O) groups excluding carboxylic acids is 4. The smallest absolute Gasteiger partial charge is 0.390 e. The van der Waals surface area contributed by atoms with Crippen LogP contribution in [0.25, 0.3) is 0 Å². The molecule has 0 saturated heterocycles. The first-order chi connectivity index (χ1) is 15.5. The summed E-state index contributed by atoms with van der Waals surface area (Å²) in [7, 11) is 0. The molecule has 0 saturated carbocycles. The van der Waals surface area contributed by atoms with Crippen molar-refractivity contribution in [3.8, 4) is 11.5 Å². The van der Waals surface area contributed by atoms with E-state index in [1.165, 1.54) is 24.3 Å². The summed E-state index contributed by atoms with van der Waals surface area (Å²) in [6.07, 6.45) is 0.352. The van der Waals surface area contributed by atoms with Gasteiger partial charge >= 0.3 is 23.9 Å². The summed E-state index contributed by atoms with van der Waals surface area (Å²) in [6, 6.07) is 12.0. The molecule has 0 aliphatic rings. The number of benzene rings is 2. The monoisotopic (exact) mass is 446 g/mol. The Hall–Kier alpha value is -4.08. The van der Waals surface area contributed by atoms with Gasteiger partial charge in [0.05, 0.1) is 0 Å². The summed E-state index contributed by atoms with van der Waals surface area (Å²) in [5.41, 5.74) is -0.104. The second-order valence-electron chi connectivity index (χ2n) is 6.00.